The van der Waals surface area contributed by atoms with Gasteiger partial charge in [-0.05, 0) is 67.1 Å². The first-order valence-corrected chi connectivity index (χ1v) is 13.1. The Bertz CT molecular complexity index is 1360. The van der Waals surface area contributed by atoms with Crippen LogP contribution >= 0.6 is 0 Å². The molecule has 2 heterocycles. The minimum atomic E-state index is -0.784. The molecule has 4 bridgehead atoms. The number of allylic oxidation sites excluding steroid dienone is 1. The van der Waals surface area contributed by atoms with Gasteiger partial charge in [0.2, 0.25) is 5.91 Å². The highest BCUT2D eigenvalue weighted by Gasteiger charge is 2.65. The molecule has 8 heteroatoms. The number of fused-ring (bicyclic) bond motifs is 3. The summed E-state index contributed by atoms with van der Waals surface area (Å²) in [5.41, 5.74) is 15.6. The third kappa shape index (κ3) is 3.06. The number of nitrogens with zero attached hydrogens (tertiary/aromatic N) is 2. The average Bonchev–Trinajstić information content (AvgIpc) is 3.35. The highest BCUT2D eigenvalue weighted by Crippen LogP contribution is 2.68. The van der Waals surface area contributed by atoms with Crippen molar-refractivity contribution in [2.75, 3.05) is 0 Å². The monoisotopic (exact) mass is 485 g/mol. The predicted molar refractivity (Wildman–Crippen MR) is 132 cm³/mol. The molecule has 186 valence electrons. The summed E-state index contributed by atoms with van der Waals surface area (Å²) < 4.78 is 5.97. The van der Waals surface area contributed by atoms with E-state index in [0.717, 1.165) is 54.1 Å². The number of aromatic amines is 1. The van der Waals surface area contributed by atoms with Gasteiger partial charge in [-0.15, -0.1) is 0 Å². The summed E-state index contributed by atoms with van der Waals surface area (Å²) in [6, 6.07) is 8.57. The molecule has 6 aliphatic rings. The van der Waals surface area contributed by atoms with Gasteiger partial charge < -0.3 is 26.1 Å². The number of nitriles is 1. The summed E-state index contributed by atoms with van der Waals surface area (Å²) in [5.74, 6) is 1.28. The van der Waals surface area contributed by atoms with Crippen LogP contribution in [0.1, 0.15) is 44.1 Å². The lowest BCUT2D eigenvalue weighted by Gasteiger charge is -2.63. The molecule has 8 nitrogen and oxygen atoms in total. The number of aromatic nitrogens is 1. The lowest BCUT2D eigenvalue weighted by atomic mass is 9.42. The number of esters is 1. The number of carbonyl (C=O) groups excluding carboxylic acids is 2. The second-order valence-electron chi connectivity index (χ2n) is 11.7. The lowest BCUT2D eigenvalue weighted by Crippen LogP contribution is -2.65. The van der Waals surface area contributed by atoms with Crippen molar-refractivity contribution in [1.29, 1.82) is 5.26 Å². The molecule has 2 aromatic rings. The van der Waals surface area contributed by atoms with Gasteiger partial charge in [-0.25, -0.2) is 4.79 Å². The smallest absolute Gasteiger partial charge is 0.328 e. The number of hydrogen-bond donors (Lipinski definition) is 3. The Morgan fingerprint density at radius 1 is 1.22 bits per heavy atom. The number of para-hydroxylation sites is 1. The highest BCUT2D eigenvalue weighted by atomic mass is 16.5. The summed E-state index contributed by atoms with van der Waals surface area (Å²) in [4.78, 5) is 31.7. The number of ether oxygens (including phenoxy) is 1. The number of nitrogens with one attached hydrogen (secondary N) is 1. The number of H-pyrrole nitrogens is 1. The van der Waals surface area contributed by atoms with Gasteiger partial charge in [0, 0.05) is 41.4 Å². The first-order chi connectivity index (χ1) is 17.4. The van der Waals surface area contributed by atoms with E-state index in [-0.39, 0.29) is 18.0 Å². The number of carbonyl (C=O) groups is 2. The number of piperidine rings is 1. The van der Waals surface area contributed by atoms with Crippen molar-refractivity contribution in [2.45, 2.75) is 69.1 Å². The van der Waals surface area contributed by atoms with Crippen LogP contribution in [-0.2, 0) is 20.7 Å². The van der Waals surface area contributed by atoms with Gasteiger partial charge in [-0.3, -0.25) is 4.79 Å². The summed E-state index contributed by atoms with van der Waals surface area (Å²) in [7, 11) is 0. The van der Waals surface area contributed by atoms with Gasteiger partial charge in [0.25, 0.3) is 0 Å². The Kier molecular flexibility index (Phi) is 4.71. The zero-order valence-corrected chi connectivity index (χ0v) is 20.2. The number of benzene rings is 1. The molecule has 36 heavy (non-hydrogen) atoms. The van der Waals surface area contributed by atoms with Gasteiger partial charge in [-0.2, -0.15) is 5.26 Å². The Hall–Kier alpha value is -3.15. The van der Waals surface area contributed by atoms with Gasteiger partial charge in [-0.1, -0.05) is 18.2 Å². The summed E-state index contributed by atoms with van der Waals surface area (Å²) in [6.07, 6.45) is 7.50. The Labute approximate surface area is 209 Å². The molecule has 1 amide bonds. The molecule has 4 fully saturated rings. The van der Waals surface area contributed by atoms with Gasteiger partial charge >= 0.3 is 5.97 Å². The van der Waals surface area contributed by atoms with Gasteiger partial charge in [0.1, 0.15) is 17.8 Å². The van der Waals surface area contributed by atoms with Crippen LogP contribution in [0.3, 0.4) is 0 Å². The second-order valence-corrected chi connectivity index (χ2v) is 11.7. The summed E-state index contributed by atoms with van der Waals surface area (Å²) in [6.45, 7) is 0. The van der Waals surface area contributed by atoms with E-state index >= 15 is 0 Å². The third-order valence-corrected chi connectivity index (χ3v) is 9.61. The molecule has 5 aliphatic carbocycles. The normalized spacial score (nSPS) is 35.1. The zero-order chi connectivity index (χ0) is 24.8. The minimum absolute atomic E-state index is 0.105. The second kappa shape index (κ2) is 7.67. The molecular formula is C28H31N5O3. The Morgan fingerprint density at radius 2 is 2.06 bits per heavy atom. The molecule has 8 atom stereocenters. The first-order valence-electron chi connectivity index (χ1n) is 13.1. The van der Waals surface area contributed by atoms with E-state index in [0.29, 0.717) is 36.4 Å². The van der Waals surface area contributed by atoms with Crippen molar-refractivity contribution in [2.24, 2.45) is 34.6 Å². The Balaban J connectivity index is 1.11. The van der Waals surface area contributed by atoms with E-state index < -0.39 is 23.5 Å². The molecular weight excluding hydrogens is 454 g/mol. The minimum Gasteiger partial charge on any atom is -0.430 e. The largest absolute Gasteiger partial charge is 0.430 e. The van der Waals surface area contributed by atoms with E-state index in [1.54, 1.807) is 4.90 Å². The van der Waals surface area contributed by atoms with Gasteiger partial charge in [0.05, 0.1) is 12.1 Å². The first kappa shape index (κ1) is 22.1. The molecule has 1 aromatic heterocycles. The molecule has 0 spiro atoms. The maximum absolute atomic E-state index is 13.6. The quantitative estimate of drug-likeness (QED) is 0.538. The van der Waals surface area contributed by atoms with Crippen molar-refractivity contribution in [3.8, 4) is 6.07 Å². The SMILES string of the molecule is N#C[C@@H]1C[C@@H]2C[C@@H]2N1C(=O)[C@@H](N)C12CC3CC(OC(=O)[C@@H](N)Cc4c[nH]c5ccccc45)=C1C(C3)C2. The van der Waals surface area contributed by atoms with Crippen molar-refractivity contribution in [1.82, 2.24) is 9.88 Å². The van der Waals surface area contributed by atoms with Crippen molar-refractivity contribution in [3.63, 3.8) is 0 Å². The van der Waals surface area contributed by atoms with Crippen LogP contribution in [0.5, 0.6) is 0 Å². The highest BCUT2D eigenvalue weighted by molar-refractivity contribution is 5.86. The van der Waals surface area contributed by atoms with Crippen LogP contribution in [-0.4, -0.2) is 45.9 Å². The van der Waals surface area contributed by atoms with Crippen LogP contribution < -0.4 is 11.5 Å². The average molecular weight is 486 g/mol. The van der Waals surface area contributed by atoms with Gasteiger partial charge in [0.15, 0.2) is 0 Å². The molecule has 1 saturated heterocycles. The number of hydrogen-bond acceptors (Lipinski definition) is 6. The third-order valence-electron chi connectivity index (χ3n) is 9.61. The molecule has 5 N–H and O–H groups in total. The van der Waals surface area contributed by atoms with Crippen molar-refractivity contribution >= 4 is 22.8 Å². The number of nitrogens with two attached hydrogens (primary N) is 2. The number of likely N-dealkylation sites (tertiary alicyclic amines) is 1. The fourth-order valence-electron chi connectivity index (χ4n) is 7.98. The lowest BCUT2D eigenvalue weighted by molar-refractivity contribution is -0.145. The van der Waals surface area contributed by atoms with Crippen molar-refractivity contribution < 1.29 is 14.3 Å². The van der Waals surface area contributed by atoms with E-state index in [4.69, 9.17) is 16.2 Å². The molecule has 3 saturated carbocycles. The molecule has 3 unspecified atom stereocenters. The molecule has 1 aromatic carbocycles. The standard InChI is InChI=1S/C28H31N5O3/c29-12-18-7-15-9-22(15)33(18)26(34)25(31)28-10-14-5-16(11-28)24(28)23(6-14)36-27(35)20(30)8-17-13-32-21-4-2-1-3-19(17)21/h1-4,13-16,18,20,22,25,32H,5-11,30-31H2/t14?,15-,16?,18+,20+,22+,25-,28?/m1/s1. The molecule has 0 radical (unpaired) electrons. The fraction of sp³-hybridized carbons (Fsp3) is 0.536. The Morgan fingerprint density at radius 3 is 2.86 bits per heavy atom. The summed E-state index contributed by atoms with van der Waals surface area (Å²) in [5, 5.41) is 10.6. The van der Waals surface area contributed by atoms with E-state index in [2.05, 4.69) is 11.1 Å². The van der Waals surface area contributed by atoms with E-state index in [1.165, 1.54) is 0 Å². The van der Waals surface area contributed by atoms with Crippen LogP contribution in [0.25, 0.3) is 10.9 Å². The maximum atomic E-state index is 13.6. The zero-order valence-electron chi connectivity index (χ0n) is 20.2. The van der Waals surface area contributed by atoms with E-state index in [9.17, 15) is 14.9 Å². The maximum Gasteiger partial charge on any atom is 0.328 e. The van der Waals surface area contributed by atoms with Crippen LogP contribution in [0.15, 0.2) is 41.8 Å². The number of amides is 1. The predicted octanol–water partition coefficient (Wildman–Crippen LogP) is 2.50. The van der Waals surface area contributed by atoms with Crippen LogP contribution in [0, 0.1) is 34.5 Å². The topological polar surface area (TPSA) is 138 Å². The fourth-order valence-corrected chi connectivity index (χ4v) is 7.98. The summed E-state index contributed by atoms with van der Waals surface area (Å²) >= 11 is 0. The van der Waals surface area contributed by atoms with Crippen LogP contribution in [0.2, 0.25) is 0 Å². The molecule has 8 rings (SSSR count). The molecule has 1 aliphatic heterocycles. The van der Waals surface area contributed by atoms with Crippen LogP contribution in [0.4, 0.5) is 0 Å². The van der Waals surface area contributed by atoms with Crippen molar-refractivity contribution in [3.05, 3.63) is 47.4 Å². The number of rotatable bonds is 6. The van der Waals surface area contributed by atoms with E-state index in [1.807, 2.05) is 30.5 Å².